The van der Waals surface area contributed by atoms with Crippen LogP contribution in [0.15, 0.2) is 182 Å². The largest absolute Gasteiger partial charge is 0.228 e. The lowest BCUT2D eigenvalue weighted by Crippen LogP contribution is -1.97. The van der Waals surface area contributed by atoms with E-state index in [9.17, 15) is 0 Å². The van der Waals surface area contributed by atoms with Crippen LogP contribution < -0.4 is 0 Å². The molecule has 0 fully saturated rings. The lowest BCUT2D eigenvalue weighted by atomic mass is 9.92. The minimum Gasteiger partial charge on any atom is -0.228 e. The lowest BCUT2D eigenvalue weighted by Gasteiger charge is -2.14. The maximum absolute atomic E-state index is 5.44. The summed E-state index contributed by atoms with van der Waals surface area (Å²) < 4.78 is 5.06. The van der Waals surface area contributed by atoms with Crippen LogP contribution in [0.25, 0.3) is 107 Å². The molecule has 0 saturated carbocycles. The maximum Gasteiger partial charge on any atom is 0.161 e. The van der Waals surface area contributed by atoms with Crippen molar-refractivity contribution in [1.82, 2.24) is 9.97 Å². The normalized spacial score (nSPS) is 11.7. The molecule has 0 aliphatic heterocycles. The molecule has 0 radical (unpaired) electrons. The van der Waals surface area contributed by atoms with Crippen molar-refractivity contribution in [2.75, 3.05) is 0 Å². The van der Waals surface area contributed by atoms with Crippen LogP contribution >= 0.6 is 22.7 Å². The van der Waals surface area contributed by atoms with Crippen LogP contribution in [0, 0.1) is 0 Å². The third kappa shape index (κ3) is 5.22. The zero-order valence-corrected chi connectivity index (χ0v) is 30.7. The smallest absolute Gasteiger partial charge is 0.161 e. The van der Waals surface area contributed by atoms with Gasteiger partial charge in [-0.15, -0.1) is 22.7 Å². The molecule has 252 valence electrons. The summed E-state index contributed by atoms with van der Waals surface area (Å²) in [5.41, 5.74) is 9.67. The lowest BCUT2D eigenvalue weighted by molar-refractivity contribution is 1.19. The molecule has 0 N–H and O–H groups in total. The highest BCUT2D eigenvalue weighted by Crippen LogP contribution is 2.43. The van der Waals surface area contributed by atoms with Gasteiger partial charge < -0.3 is 0 Å². The fourth-order valence-corrected chi connectivity index (χ4v) is 10.2. The fourth-order valence-electron chi connectivity index (χ4n) is 7.88. The Balaban J connectivity index is 1.19. The third-order valence-electron chi connectivity index (χ3n) is 10.5. The molecule has 8 aromatic carbocycles. The van der Waals surface area contributed by atoms with Crippen LogP contribution in [0.5, 0.6) is 0 Å². The molecule has 3 heterocycles. The van der Waals surface area contributed by atoms with Gasteiger partial charge in [0, 0.05) is 57.0 Å². The summed E-state index contributed by atoms with van der Waals surface area (Å²) in [5.74, 6) is 0.729. The van der Waals surface area contributed by atoms with Gasteiger partial charge in [0.1, 0.15) is 0 Å². The Morgan fingerprint density at radius 1 is 0.333 bits per heavy atom. The molecular formula is C50H30N2S2. The zero-order valence-electron chi connectivity index (χ0n) is 29.0. The zero-order chi connectivity index (χ0) is 35.6. The van der Waals surface area contributed by atoms with E-state index in [1.54, 1.807) is 0 Å². The Bertz CT molecular complexity index is 3230. The Kier molecular flexibility index (Phi) is 7.25. The van der Waals surface area contributed by atoms with Gasteiger partial charge in [0.2, 0.25) is 0 Å². The number of fused-ring (bicyclic) bond motifs is 7. The van der Waals surface area contributed by atoms with Crippen LogP contribution in [-0.2, 0) is 0 Å². The van der Waals surface area contributed by atoms with Crippen molar-refractivity contribution in [3.05, 3.63) is 182 Å². The van der Waals surface area contributed by atoms with E-state index in [1.807, 2.05) is 22.7 Å². The number of aromatic nitrogens is 2. The van der Waals surface area contributed by atoms with Gasteiger partial charge in [-0.1, -0.05) is 127 Å². The summed E-state index contributed by atoms with van der Waals surface area (Å²) in [6.07, 6.45) is 0. The Morgan fingerprint density at radius 2 is 0.963 bits per heavy atom. The van der Waals surface area contributed by atoms with E-state index in [2.05, 4.69) is 182 Å². The van der Waals surface area contributed by atoms with Crippen molar-refractivity contribution in [3.63, 3.8) is 0 Å². The van der Waals surface area contributed by atoms with E-state index < -0.39 is 0 Å². The maximum atomic E-state index is 5.44. The van der Waals surface area contributed by atoms with Crippen molar-refractivity contribution in [1.29, 1.82) is 0 Å². The second-order valence-corrected chi connectivity index (χ2v) is 15.9. The quantitative estimate of drug-likeness (QED) is 0.177. The van der Waals surface area contributed by atoms with Crippen LogP contribution in [0.1, 0.15) is 0 Å². The van der Waals surface area contributed by atoms with Gasteiger partial charge >= 0.3 is 0 Å². The second-order valence-electron chi connectivity index (χ2n) is 13.7. The number of nitrogens with zero attached hydrogens (tertiary/aromatic N) is 2. The molecule has 54 heavy (non-hydrogen) atoms. The van der Waals surface area contributed by atoms with E-state index >= 15 is 0 Å². The van der Waals surface area contributed by atoms with Gasteiger partial charge in [0.05, 0.1) is 11.4 Å². The molecule has 0 saturated heterocycles. The predicted molar refractivity (Wildman–Crippen MR) is 232 cm³/mol. The van der Waals surface area contributed by atoms with E-state index in [0.717, 1.165) is 45.0 Å². The van der Waals surface area contributed by atoms with E-state index in [-0.39, 0.29) is 0 Å². The first kappa shape index (κ1) is 31.1. The first-order valence-electron chi connectivity index (χ1n) is 18.1. The van der Waals surface area contributed by atoms with Crippen LogP contribution in [0.3, 0.4) is 0 Å². The Labute approximate surface area is 320 Å². The first-order valence-corrected chi connectivity index (χ1v) is 19.8. The predicted octanol–water partition coefficient (Wildman–Crippen LogP) is 14.7. The fraction of sp³-hybridized carbons (Fsp3) is 0. The van der Waals surface area contributed by atoms with Crippen molar-refractivity contribution in [3.8, 4) is 56.2 Å². The topological polar surface area (TPSA) is 25.8 Å². The van der Waals surface area contributed by atoms with Gasteiger partial charge in [0.25, 0.3) is 0 Å². The molecular weight excluding hydrogens is 693 g/mol. The molecule has 0 amide bonds. The van der Waals surface area contributed by atoms with Crippen molar-refractivity contribution < 1.29 is 0 Å². The van der Waals surface area contributed by atoms with Crippen molar-refractivity contribution >= 4 is 73.8 Å². The Hall–Kier alpha value is -6.46. The molecule has 0 bridgehead atoms. The summed E-state index contributed by atoms with van der Waals surface area (Å²) in [4.78, 5) is 10.7. The van der Waals surface area contributed by atoms with Crippen molar-refractivity contribution in [2.24, 2.45) is 0 Å². The summed E-state index contributed by atoms with van der Waals surface area (Å²) >= 11 is 3.67. The SMILES string of the molecule is c1ccc(-c2cc(-c3cc(-c4ccc5ccccc5c4)cc(-c4cccc5sc6ccccc6c45)c3)nc(-c3cccc4c3sc3ccccc34)n2)cc1. The van der Waals surface area contributed by atoms with E-state index in [4.69, 9.17) is 9.97 Å². The number of hydrogen-bond donors (Lipinski definition) is 0. The number of rotatable bonds is 5. The number of hydrogen-bond acceptors (Lipinski definition) is 4. The number of thiophene rings is 2. The summed E-state index contributed by atoms with van der Waals surface area (Å²) in [6.45, 7) is 0. The molecule has 0 aliphatic rings. The highest BCUT2D eigenvalue weighted by molar-refractivity contribution is 7.26. The van der Waals surface area contributed by atoms with E-state index in [1.165, 1.54) is 62.2 Å². The minimum atomic E-state index is 0.729. The minimum absolute atomic E-state index is 0.729. The van der Waals surface area contributed by atoms with Crippen LogP contribution in [0.2, 0.25) is 0 Å². The second kappa shape index (κ2) is 12.6. The average molecular weight is 723 g/mol. The number of benzene rings is 8. The molecule has 3 aromatic heterocycles. The third-order valence-corrected chi connectivity index (χ3v) is 12.8. The van der Waals surface area contributed by atoms with Gasteiger partial charge in [0.15, 0.2) is 5.82 Å². The first-order chi connectivity index (χ1) is 26.7. The Morgan fingerprint density at radius 3 is 1.83 bits per heavy atom. The van der Waals surface area contributed by atoms with Gasteiger partial charge in [-0.2, -0.15) is 0 Å². The summed E-state index contributed by atoms with van der Waals surface area (Å²) in [6, 6.07) is 65.6. The highest BCUT2D eigenvalue weighted by Gasteiger charge is 2.18. The molecule has 0 spiro atoms. The van der Waals surface area contributed by atoms with Gasteiger partial charge in [-0.3, -0.25) is 0 Å². The molecule has 0 unspecified atom stereocenters. The standard InChI is InChI=1S/C50H30N2S2/c1-2-13-32(14-3-1)43-30-44(52-50(51-43)42-20-10-19-40-39-16-6-8-21-45(39)54-49(40)42)37-28-35(34-25-24-31-12-4-5-15-33(31)26-34)27-36(29-37)38-18-11-23-47-48(38)41-17-7-9-22-46(41)53-47/h1-30H. The molecule has 2 nitrogen and oxygen atoms in total. The van der Waals surface area contributed by atoms with Gasteiger partial charge in [-0.05, 0) is 87.6 Å². The monoisotopic (exact) mass is 722 g/mol. The van der Waals surface area contributed by atoms with Crippen LogP contribution in [0.4, 0.5) is 0 Å². The average Bonchev–Trinajstić information content (AvgIpc) is 3.82. The molecule has 11 rings (SSSR count). The van der Waals surface area contributed by atoms with Crippen LogP contribution in [-0.4, -0.2) is 9.97 Å². The highest BCUT2D eigenvalue weighted by atomic mass is 32.1. The summed E-state index contributed by atoms with van der Waals surface area (Å²) in [7, 11) is 0. The van der Waals surface area contributed by atoms with Crippen molar-refractivity contribution in [2.45, 2.75) is 0 Å². The molecule has 0 aliphatic carbocycles. The molecule has 0 atom stereocenters. The summed E-state index contributed by atoms with van der Waals surface area (Å²) in [5, 5.41) is 7.54. The van der Waals surface area contributed by atoms with E-state index in [0.29, 0.717) is 0 Å². The molecule has 4 heteroatoms. The van der Waals surface area contributed by atoms with Gasteiger partial charge in [-0.25, -0.2) is 9.97 Å². The molecule has 11 aromatic rings.